The van der Waals surface area contributed by atoms with Gasteiger partial charge >= 0.3 is 0 Å². The van der Waals surface area contributed by atoms with E-state index in [1.807, 2.05) is 32.0 Å². The number of rotatable bonds is 9. The van der Waals surface area contributed by atoms with Crippen molar-refractivity contribution in [2.75, 3.05) is 13.2 Å². The molecule has 1 atom stereocenters. The second kappa shape index (κ2) is 9.33. The Kier molecular flexibility index (Phi) is 6.51. The smallest absolute Gasteiger partial charge is 0.258 e. The maximum atomic E-state index is 5.74. The van der Waals surface area contributed by atoms with E-state index in [1.165, 1.54) is 11.1 Å². The van der Waals surface area contributed by atoms with Crippen molar-refractivity contribution in [1.29, 1.82) is 0 Å². The summed E-state index contributed by atoms with van der Waals surface area (Å²) >= 11 is 0. The first-order valence-corrected chi connectivity index (χ1v) is 11.6. The number of fused-ring (bicyclic) bond motifs is 1. The number of nitrogens with one attached hydrogen (secondary N) is 1. The highest BCUT2D eigenvalue weighted by atomic mass is 16.5. The maximum absolute atomic E-state index is 5.74. The third kappa shape index (κ3) is 4.51. The number of aromatic nitrogens is 2. The van der Waals surface area contributed by atoms with E-state index >= 15 is 0 Å². The van der Waals surface area contributed by atoms with Crippen molar-refractivity contribution in [3.05, 3.63) is 47.5 Å². The molecule has 6 heteroatoms. The fourth-order valence-electron chi connectivity index (χ4n) is 4.22. The quantitative estimate of drug-likeness (QED) is 0.447. The van der Waals surface area contributed by atoms with Gasteiger partial charge in [-0.15, -0.1) is 0 Å². The summed E-state index contributed by atoms with van der Waals surface area (Å²) in [5.74, 6) is 2.49. The van der Waals surface area contributed by atoms with Gasteiger partial charge in [-0.1, -0.05) is 30.3 Å². The molecule has 1 aliphatic rings. The average Bonchev–Trinajstić information content (AvgIpc) is 3.43. The van der Waals surface area contributed by atoms with Gasteiger partial charge in [-0.3, -0.25) is 0 Å². The second-order valence-electron chi connectivity index (χ2n) is 8.80. The lowest BCUT2D eigenvalue weighted by molar-refractivity contribution is 0.288. The van der Waals surface area contributed by atoms with E-state index < -0.39 is 0 Å². The minimum Gasteiger partial charge on any atom is -0.490 e. The lowest BCUT2D eigenvalue weighted by Crippen LogP contribution is -2.40. The van der Waals surface area contributed by atoms with Crippen LogP contribution in [0.15, 0.2) is 40.9 Å². The number of ether oxygens (including phenoxy) is 2. The number of hydrogen-bond acceptors (Lipinski definition) is 6. The lowest BCUT2D eigenvalue weighted by Gasteiger charge is -2.29. The molecular weight excluding hydrogens is 402 g/mol. The van der Waals surface area contributed by atoms with Gasteiger partial charge in [0.15, 0.2) is 11.5 Å². The zero-order valence-corrected chi connectivity index (χ0v) is 19.7. The van der Waals surface area contributed by atoms with Gasteiger partial charge in [0.05, 0.1) is 13.2 Å². The SMILES string of the molecule is CCOc1ccc(-c2nc(-c3cccc4c3CCC4NC(C)(C)CC)no2)cc1OCC. The minimum atomic E-state index is 0.105. The Balaban J connectivity index is 1.63. The molecule has 1 N–H and O–H groups in total. The van der Waals surface area contributed by atoms with Crippen molar-refractivity contribution in [3.63, 3.8) is 0 Å². The summed E-state index contributed by atoms with van der Waals surface area (Å²) in [5, 5.41) is 8.13. The molecule has 3 aromatic rings. The molecule has 0 amide bonds. The summed E-state index contributed by atoms with van der Waals surface area (Å²) in [6, 6.07) is 12.5. The first-order chi connectivity index (χ1) is 15.5. The van der Waals surface area contributed by atoms with Gasteiger partial charge in [0.1, 0.15) is 0 Å². The van der Waals surface area contributed by atoms with Crippen LogP contribution in [0.25, 0.3) is 22.8 Å². The Hall–Kier alpha value is -2.86. The van der Waals surface area contributed by atoms with Gasteiger partial charge in [0.25, 0.3) is 5.89 Å². The Morgan fingerprint density at radius 2 is 1.84 bits per heavy atom. The molecule has 0 spiro atoms. The van der Waals surface area contributed by atoms with Crippen LogP contribution in [0.1, 0.15) is 64.6 Å². The highest BCUT2D eigenvalue weighted by Gasteiger charge is 2.30. The highest BCUT2D eigenvalue weighted by molar-refractivity contribution is 5.67. The lowest BCUT2D eigenvalue weighted by atomic mass is 9.97. The van der Waals surface area contributed by atoms with Crippen LogP contribution >= 0.6 is 0 Å². The van der Waals surface area contributed by atoms with Crippen LogP contribution in [0.5, 0.6) is 11.5 Å². The van der Waals surface area contributed by atoms with Crippen molar-refractivity contribution in [1.82, 2.24) is 15.5 Å². The van der Waals surface area contributed by atoms with E-state index in [1.54, 1.807) is 0 Å². The van der Waals surface area contributed by atoms with E-state index in [2.05, 4.69) is 49.4 Å². The number of nitrogens with zero attached hydrogens (tertiary/aromatic N) is 2. The molecule has 170 valence electrons. The van der Waals surface area contributed by atoms with E-state index in [0.29, 0.717) is 42.5 Å². The highest BCUT2D eigenvalue weighted by Crippen LogP contribution is 2.39. The molecule has 4 rings (SSSR count). The Labute approximate surface area is 190 Å². The molecule has 1 aromatic heterocycles. The van der Waals surface area contributed by atoms with Gasteiger partial charge in [0, 0.05) is 22.7 Å². The molecule has 0 fully saturated rings. The van der Waals surface area contributed by atoms with E-state index in [9.17, 15) is 0 Å². The minimum absolute atomic E-state index is 0.105. The molecule has 1 heterocycles. The first-order valence-electron chi connectivity index (χ1n) is 11.6. The van der Waals surface area contributed by atoms with E-state index in [4.69, 9.17) is 19.0 Å². The molecule has 0 saturated heterocycles. The topological polar surface area (TPSA) is 69.4 Å². The summed E-state index contributed by atoms with van der Waals surface area (Å²) in [5.41, 5.74) is 4.62. The van der Waals surface area contributed by atoms with Gasteiger partial charge in [-0.25, -0.2) is 0 Å². The molecule has 1 unspecified atom stereocenters. The third-order valence-corrected chi connectivity index (χ3v) is 6.18. The van der Waals surface area contributed by atoms with Crippen LogP contribution in [0.4, 0.5) is 0 Å². The van der Waals surface area contributed by atoms with Crippen molar-refractivity contribution in [3.8, 4) is 34.3 Å². The van der Waals surface area contributed by atoms with Crippen LogP contribution in [0.2, 0.25) is 0 Å². The number of hydrogen-bond donors (Lipinski definition) is 1. The van der Waals surface area contributed by atoms with Gasteiger partial charge in [-0.2, -0.15) is 4.98 Å². The fourth-order valence-corrected chi connectivity index (χ4v) is 4.22. The average molecular weight is 436 g/mol. The second-order valence-corrected chi connectivity index (χ2v) is 8.80. The predicted octanol–water partition coefficient (Wildman–Crippen LogP) is 5.97. The van der Waals surface area contributed by atoms with Crippen LogP contribution < -0.4 is 14.8 Å². The fraction of sp³-hybridized carbons (Fsp3) is 0.462. The Morgan fingerprint density at radius 1 is 1.06 bits per heavy atom. The molecule has 0 saturated carbocycles. The summed E-state index contributed by atoms with van der Waals surface area (Å²) in [4.78, 5) is 4.73. The van der Waals surface area contributed by atoms with E-state index in [0.717, 1.165) is 30.4 Å². The van der Waals surface area contributed by atoms with E-state index in [-0.39, 0.29) is 5.54 Å². The Bertz CT molecular complexity index is 1070. The van der Waals surface area contributed by atoms with Gasteiger partial charge < -0.3 is 19.3 Å². The summed E-state index contributed by atoms with van der Waals surface area (Å²) in [6.07, 6.45) is 3.17. The van der Waals surface area contributed by atoms with Gasteiger partial charge in [0.2, 0.25) is 5.82 Å². The van der Waals surface area contributed by atoms with Crippen molar-refractivity contribution in [2.45, 2.75) is 65.5 Å². The molecule has 1 aliphatic carbocycles. The largest absolute Gasteiger partial charge is 0.490 e. The third-order valence-electron chi connectivity index (χ3n) is 6.18. The van der Waals surface area contributed by atoms with Crippen LogP contribution in [-0.4, -0.2) is 28.9 Å². The van der Waals surface area contributed by atoms with Crippen LogP contribution in [0, 0.1) is 0 Å². The molecule has 32 heavy (non-hydrogen) atoms. The zero-order valence-electron chi connectivity index (χ0n) is 19.7. The van der Waals surface area contributed by atoms with Crippen molar-refractivity contribution < 1.29 is 14.0 Å². The van der Waals surface area contributed by atoms with Crippen LogP contribution in [-0.2, 0) is 6.42 Å². The first kappa shape index (κ1) is 22.3. The molecule has 0 aliphatic heterocycles. The summed E-state index contributed by atoms with van der Waals surface area (Å²) in [7, 11) is 0. The summed E-state index contributed by atoms with van der Waals surface area (Å²) < 4.78 is 17.1. The van der Waals surface area contributed by atoms with Crippen molar-refractivity contribution >= 4 is 0 Å². The van der Waals surface area contributed by atoms with Gasteiger partial charge in [-0.05, 0) is 76.3 Å². The number of benzene rings is 2. The molecular formula is C26H33N3O3. The molecule has 2 aromatic carbocycles. The zero-order chi connectivity index (χ0) is 22.7. The predicted molar refractivity (Wildman–Crippen MR) is 126 cm³/mol. The molecule has 0 radical (unpaired) electrons. The Morgan fingerprint density at radius 3 is 2.59 bits per heavy atom. The normalized spacial score (nSPS) is 15.6. The monoisotopic (exact) mass is 435 g/mol. The molecule has 6 nitrogen and oxygen atoms in total. The van der Waals surface area contributed by atoms with Crippen molar-refractivity contribution in [2.24, 2.45) is 0 Å². The standard InChI is InChI=1S/C26H33N3O3/c1-6-26(4,5)28-21-14-13-18-19(21)10-9-11-20(18)24-27-25(32-29-24)17-12-15-22(30-7-2)23(16-17)31-8-3/h9-12,15-16,21,28H,6-8,13-14H2,1-5H3. The maximum Gasteiger partial charge on any atom is 0.258 e. The summed E-state index contributed by atoms with van der Waals surface area (Å²) in [6.45, 7) is 11.8. The van der Waals surface area contributed by atoms with Crippen LogP contribution in [0.3, 0.4) is 0 Å². The molecule has 0 bridgehead atoms.